The molecule has 0 radical (unpaired) electrons. The largest absolute Gasteiger partial charge is 0.465 e. The van der Waals surface area contributed by atoms with Crippen molar-refractivity contribution in [3.05, 3.63) is 29.7 Å². The molecule has 0 amide bonds. The molecule has 1 atom stereocenters. The van der Waals surface area contributed by atoms with Crippen LogP contribution in [0.3, 0.4) is 0 Å². The smallest absolute Gasteiger partial charge is 0.341 e. The van der Waals surface area contributed by atoms with Crippen molar-refractivity contribution in [1.29, 1.82) is 0 Å². The number of likely N-dealkylation sites (tertiary alicyclic amines) is 1. The summed E-state index contributed by atoms with van der Waals surface area (Å²) in [5.74, 6) is 1.31. The molecule has 1 unspecified atom stereocenters. The number of rotatable bonds is 4. The maximum Gasteiger partial charge on any atom is 0.341 e. The van der Waals surface area contributed by atoms with Crippen LogP contribution in [-0.2, 0) is 4.74 Å². The number of carbonyl (C=O) groups is 1. The van der Waals surface area contributed by atoms with E-state index in [2.05, 4.69) is 23.7 Å². The second kappa shape index (κ2) is 6.08. The summed E-state index contributed by atoms with van der Waals surface area (Å²) in [7, 11) is 1.37. The van der Waals surface area contributed by atoms with Gasteiger partial charge < -0.3 is 14.1 Å². The Bertz CT molecular complexity index is 678. The molecule has 1 aromatic carbocycles. The number of oxazole rings is 1. The number of hydrogen-bond donors (Lipinski definition) is 0. The molecule has 0 N–H and O–H groups in total. The van der Waals surface area contributed by atoms with Gasteiger partial charge in [-0.15, -0.1) is 0 Å². The molecule has 1 fully saturated rings. The minimum absolute atomic E-state index is 0.302. The summed E-state index contributed by atoms with van der Waals surface area (Å²) in [5.41, 5.74) is 1.70. The summed E-state index contributed by atoms with van der Waals surface area (Å²) < 4.78 is 10.7. The Hall–Kier alpha value is -1.88. The van der Waals surface area contributed by atoms with Gasteiger partial charge >= 0.3 is 5.97 Å². The van der Waals surface area contributed by atoms with Gasteiger partial charge in [-0.05, 0) is 31.0 Å². The van der Waals surface area contributed by atoms with Gasteiger partial charge in [0.1, 0.15) is 11.1 Å². The molecule has 5 heteroatoms. The zero-order valence-electron chi connectivity index (χ0n) is 13.3. The van der Waals surface area contributed by atoms with Crippen molar-refractivity contribution in [1.82, 2.24) is 9.88 Å². The first-order valence-corrected chi connectivity index (χ1v) is 7.78. The van der Waals surface area contributed by atoms with Crippen molar-refractivity contribution >= 4 is 17.1 Å². The SMILES string of the molecule is COC(=O)c1cccc2nc(C3CCN(CC(C)C)C3)oc12. The summed E-state index contributed by atoms with van der Waals surface area (Å²) in [4.78, 5) is 18.8. The van der Waals surface area contributed by atoms with Crippen LogP contribution >= 0.6 is 0 Å². The molecule has 2 heterocycles. The Morgan fingerprint density at radius 1 is 1.50 bits per heavy atom. The van der Waals surface area contributed by atoms with Gasteiger partial charge in [-0.2, -0.15) is 0 Å². The Morgan fingerprint density at radius 2 is 2.32 bits per heavy atom. The molecular weight excluding hydrogens is 280 g/mol. The summed E-state index contributed by atoms with van der Waals surface area (Å²) in [6.07, 6.45) is 1.05. The Labute approximate surface area is 130 Å². The molecule has 118 valence electrons. The number of hydrogen-bond acceptors (Lipinski definition) is 5. The van der Waals surface area contributed by atoms with Crippen molar-refractivity contribution in [2.45, 2.75) is 26.2 Å². The van der Waals surface area contributed by atoms with E-state index in [0.717, 1.165) is 37.5 Å². The van der Waals surface area contributed by atoms with Crippen LogP contribution in [0.4, 0.5) is 0 Å². The molecule has 0 aliphatic carbocycles. The molecular formula is C17H22N2O3. The lowest BCUT2D eigenvalue weighted by Crippen LogP contribution is -2.24. The summed E-state index contributed by atoms with van der Waals surface area (Å²) in [5, 5.41) is 0. The Morgan fingerprint density at radius 3 is 3.05 bits per heavy atom. The third kappa shape index (κ3) is 2.86. The predicted octanol–water partition coefficient (Wildman–Crippen LogP) is 3.06. The number of para-hydroxylation sites is 1. The first-order valence-electron chi connectivity index (χ1n) is 7.78. The maximum atomic E-state index is 11.8. The summed E-state index contributed by atoms with van der Waals surface area (Å²) >= 11 is 0. The third-order valence-electron chi connectivity index (χ3n) is 4.08. The average Bonchev–Trinajstić information content (AvgIpc) is 3.11. The zero-order valence-corrected chi connectivity index (χ0v) is 13.3. The molecule has 0 bridgehead atoms. The molecule has 0 saturated carbocycles. The van der Waals surface area contributed by atoms with Gasteiger partial charge in [0.05, 0.1) is 7.11 Å². The van der Waals surface area contributed by atoms with Crippen LogP contribution in [0.5, 0.6) is 0 Å². The molecule has 1 aliphatic rings. The highest BCUT2D eigenvalue weighted by Gasteiger charge is 2.28. The summed E-state index contributed by atoms with van der Waals surface area (Å²) in [6.45, 7) is 7.61. The monoisotopic (exact) mass is 302 g/mol. The van der Waals surface area contributed by atoms with Crippen LogP contribution in [-0.4, -0.2) is 42.6 Å². The molecule has 3 rings (SSSR count). The fourth-order valence-electron chi connectivity index (χ4n) is 3.13. The maximum absolute atomic E-state index is 11.8. The lowest BCUT2D eigenvalue weighted by molar-refractivity contribution is 0.0601. The van der Waals surface area contributed by atoms with Crippen molar-refractivity contribution in [3.63, 3.8) is 0 Å². The van der Waals surface area contributed by atoms with Gasteiger partial charge in [-0.25, -0.2) is 9.78 Å². The van der Waals surface area contributed by atoms with E-state index in [1.807, 2.05) is 6.07 Å². The quantitative estimate of drug-likeness (QED) is 0.812. The minimum atomic E-state index is -0.388. The topological polar surface area (TPSA) is 55.6 Å². The lowest BCUT2D eigenvalue weighted by atomic mass is 10.1. The summed E-state index contributed by atoms with van der Waals surface area (Å²) in [6, 6.07) is 5.39. The van der Waals surface area contributed by atoms with E-state index in [0.29, 0.717) is 23.0 Å². The standard InChI is InChI=1S/C17H22N2O3/c1-11(2)9-19-8-7-12(10-19)16-18-14-6-4-5-13(15(14)22-16)17(20)21-3/h4-6,11-12H,7-10H2,1-3H3. The highest BCUT2D eigenvalue weighted by molar-refractivity contribution is 6.00. The van der Waals surface area contributed by atoms with Gasteiger partial charge in [0.25, 0.3) is 0 Å². The van der Waals surface area contributed by atoms with Crippen LogP contribution in [0.25, 0.3) is 11.1 Å². The van der Waals surface area contributed by atoms with Crippen LogP contribution in [0.1, 0.15) is 42.4 Å². The Kier molecular flexibility index (Phi) is 4.16. The second-order valence-corrected chi connectivity index (χ2v) is 6.34. The van der Waals surface area contributed by atoms with Crippen LogP contribution in [0.2, 0.25) is 0 Å². The van der Waals surface area contributed by atoms with Gasteiger partial charge in [0.15, 0.2) is 11.5 Å². The normalized spacial score (nSPS) is 19.2. The van der Waals surface area contributed by atoms with E-state index in [1.165, 1.54) is 7.11 Å². The number of nitrogens with zero attached hydrogens (tertiary/aromatic N) is 2. The van der Waals surface area contributed by atoms with Gasteiger partial charge in [-0.1, -0.05) is 19.9 Å². The van der Waals surface area contributed by atoms with E-state index >= 15 is 0 Å². The fourth-order valence-corrected chi connectivity index (χ4v) is 3.13. The number of ether oxygens (including phenoxy) is 1. The highest BCUT2D eigenvalue weighted by Crippen LogP contribution is 2.30. The zero-order chi connectivity index (χ0) is 15.7. The number of methoxy groups -OCH3 is 1. The first kappa shape index (κ1) is 15.0. The van der Waals surface area contributed by atoms with E-state index in [9.17, 15) is 4.79 Å². The van der Waals surface area contributed by atoms with Gasteiger partial charge in [-0.3, -0.25) is 0 Å². The van der Waals surface area contributed by atoms with Crippen molar-refractivity contribution in [3.8, 4) is 0 Å². The lowest BCUT2D eigenvalue weighted by Gasteiger charge is -2.17. The number of benzene rings is 1. The van der Waals surface area contributed by atoms with E-state index in [-0.39, 0.29) is 5.97 Å². The second-order valence-electron chi connectivity index (χ2n) is 6.34. The Balaban J connectivity index is 1.85. The van der Waals surface area contributed by atoms with E-state index < -0.39 is 0 Å². The molecule has 22 heavy (non-hydrogen) atoms. The highest BCUT2D eigenvalue weighted by atomic mass is 16.5. The predicted molar refractivity (Wildman–Crippen MR) is 84.0 cm³/mol. The molecule has 1 saturated heterocycles. The number of carbonyl (C=O) groups excluding carboxylic acids is 1. The molecule has 2 aromatic rings. The number of fused-ring (bicyclic) bond motifs is 1. The van der Waals surface area contributed by atoms with Gasteiger partial charge in [0.2, 0.25) is 0 Å². The van der Waals surface area contributed by atoms with Crippen LogP contribution in [0.15, 0.2) is 22.6 Å². The minimum Gasteiger partial charge on any atom is -0.465 e. The number of esters is 1. The first-order chi connectivity index (χ1) is 10.6. The molecule has 1 aromatic heterocycles. The molecule has 1 aliphatic heterocycles. The van der Waals surface area contributed by atoms with Crippen molar-refractivity contribution in [2.24, 2.45) is 5.92 Å². The number of aromatic nitrogens is 1. The van der Waals surface area contributed by atoms with Crippen LogP contribution < -0.4 is 0 Å². The van der Waals surface area contributed by atoms with Gasteiger partial charge in [0, 0.05) is 19.0 Å². The molecule has 0 spiro atoms. The van der Waals surface area contributed by atoms with Crippen LogP contribution in [0, 0.1) is 5.92 Å². The fraction of sp³-hybridized carbons (Fsp3) is 0.529. The third-order valence-corrected chi connectivity index (χ3v) is 4.08. The van der Waals surface area contributed by atoms with Crippen molar-refractivity contribution < 1.29 is 13.9 Å². The van der Waals surface area contributed by atoms with Crippen molar-refractivity contribution in [2.75, 3.05) is 26.7 Å². The molecule has 5 nitrogen and oxygen atoms in total. The van der Waals surface area contributed by atoms with E-state index in [4.69, 9.17) is 9.15 Å². The van der Waals surface area contributed by atoms with E-state index in [1.54, 1.807) is 12.1 Å². The average molecular weight is 302 g/mol.